The minimum atomic E-state index is -0.0104. The fourth-order valence-electron chi connectivity index (χ4n) is 2.59. The van der Waals surface area contributed by atoms with Crippen LogP contribution in [0.25, 0.3) is 17.0 Å². The molecule has 1 aromatic carbocycles. The molecule has 0 atom stereocenters. The predicted octanol–water partition coefficient (Wildman–Crippen LogP) is 2.56. The summed E-state index contributed by atoms with van der Waals surface area (Å²) in [6, 6.07) is 7.44. The summed E-state index contributed by atoms with van der Waals surface area (Å²) in [7, 11) is 1.76. The van der Waals surface area contributed by atoms with E-state index in [1.807, 2.05) is 42.5 Å². The van der Waals surface area contributed by atoms with Gasteiger partial charge in [-0.05, 0) is 43.3 Å². The SMILES string of the molecule is Cn1c(/C=C\C=C\N2CCCC2)nc2ccccc2c1=O. The highest BCUT2D eigenvalue weighted by Gasteiger charge is 2.06. The number of para-hydroxylation sites is 1. The van der Waals surface area contributed by atoms with Crippen LogP contribution in [-0.4, -0.2) is 27.5 Å². The van der Waals surface area contributed by atoms with Crippen molar-refractivity contribution < 1.29 is 0 Å². The number of aromatic nitrogens is 2. The van der Waals surface area contributed by atoms with Crippen LogP contribution in [0.1, 0.15) is 18.7 Å². The van der Waals surface area contributed by atoms with Gasteiger partial charge in [0.05, 0.1) is 10.9 Å². The molecule has 3 rings (SSSR count). The lowest BCUT2D eigenvalue weighted by Gasteiger charge is -2.09. The quantitative estimate of drug-likeness (QED) is 0.812. The van der Waals surface area contributed by atoms with E-state index >= 15 is 0 Å². The molecule has 0 spiro atoms. The summed E-state index contributed by atoms with van der Waals surface area (Å²) < 4.78 is 1.59. The Bertz CT molecular complexity index is 752. The standard InChI is InChI=1S/C17H19N3O/c1-19-16(10-4-5-11-20-12-6-7-13-20)18-15-9-3-2-8-14(15)17(19)21/h2-5,8-11H,6-7,12-13H2,1H3/b10-4-,11-5+. The van der Waals surface area contributed by atoms with E-state index in [4.69, 9.17) is 0 Å². The number of nitrogens with zero attached hydrogens (tertiary/aromatic N) is 3. The Morgan fingerprint density at radius 1 is 1.14 bits per heavy atom. The van der Waals surface area contributed by atoms with Gasteiger partial charge in [-0.15, -0.1) is 0 Å². The molecule has 0 saturated carbocycles. The van der Waals surface area contributed by atoms with Crippen LogP contribution in [0.15, 0.2) is 47.4 Å². The van der Waals surface area contributed by atoms with Crippen LogP contribution in [-0.2, 0) is 7.05 Å². The third-order valence-corrected chi connectivity index (χ3v) is 3.81. The van der Waals surface area contributed by atoms with Crippen molar-refractivity contribution in [3.8, 4) is 0 Å². The van der Waals surface area contributed by atoms with E-state index in [9.17, 15) is 4.79 Å². The van der Waals surface area contributed by atoms with Gasteiger partial charge in [0.2, 0.25) is 0 Å². The van der Waals surface area contributed by atoms with Crippen LogP contribution in [0, 0.1) is 0 Å². The molecule has 1 aliphatic heterocycles. The van der Waals surface area contributed by atoms with Crippen molar-refractivity contribution in [2.75, 3.05) is 13.1 Å². The fraction of sp³-hybridized carbons (Fsp3) is 0.294. The Balaban J connectivity index is 1.86. The third kappa shape index (κ3) is 2.89. The lowest BCUT2D eigenvalue weighted by atomic mass is 10.2. The zero-order chi connectivity index (χ0) is 14.7. The molecule has 0 aliphatic carbocycles. The van der Waals surface area contributed by atoms with Crippen molar-refractivity contribution in [2.24, 2.45) is 7.05 Å². The molecule has 0 unspecified atom stereocenters. The molecular formula is C17H19N3O. The number of likely N-dealkylation sites (tertiary alicyclic amines) is 1. The van der Waals surface area contributed by atoms with E-state index in [1.54, 1.807) is 11.6 Å². The number of rotatable bonds is 3. The molecule has 1 aromatic heterocycles. The first-order chi connectivity index (χ1) is 10.3. The highest BCUT2D eigenvalue weighted by Crippen LogP contribution is 2.09. The van der Waals surface area contributed by atoms with Gasteiger partial charge in [-0.25, -0.2) is 4.98 Å². The fourth-order valence-corrected chi connectivity index (χ4v) is 2.59. The molecule has 0 amide bonds. The molecular weight excluding hydrogens is 262 g/mol. The zero-order valence-corrected chi connectivity index (χ0v) is 12.2. The van der Waals surface area contributed by atoms with Gasteiger partial charge in [-0.2, -0.15) is 0 Å². The minimum absolute atomic E-state index is 0.0104. The van der Waals surface area contributed by atoms with Gasteiger partial charge >= 0.3 is 0 Å². The maximum Gasteiger partial charge on any atom is 0.261 e. The second-order valence-electron chi connectivity index (χ2n) is 5.30. The molecule has 108 valence electrons. The van der Waals surface area contributed by atoms with Gasteiger partial charge in [-0.1, -0.05) is 18.2 Å². The average molecular weight is 281 g/mol. The average Bonchev–Trinajstić information content (AvgIpc) is 3.02. The van der Waals surface area contributed by atoms with Crippen LogP contribution in [0.2, 0.25) is 0 Å². The normalized spacial score (nSPS) is 15.8. The number of allylic oxidation sites excluding steroid dienone is 2. The first-order valence-corrected chi connectivity index (χ1v) is 7.30. The monoisotopic (exact) mass is 281 g/mol. The summed E-state index contributed by atoms with van der Waals surface area (Å²) >= 11 is 0. The van der Waals surface area contributed by atoms with E-state index in [0.717, 1.165) is 18.6 Å². The largest absolute Gasteiger partial charge is 0.377 e. The van der Waals surface area contributed by atoms with Gasteiger partial charge in [0.25, 0.3) is 5.56 Å². The van der Waals surface area contributed by atoms with Gasteiger partial charge in [-0.3, -0.25) is 9.36 Å². The van der Waals surface area contributed by atoms with E-state index < -0.39 is 0 Å². The maximum absolute atomic E-state index is 12.3. The third-order valence-electron chi connectivity index (χ3n) is 3.81. The Morgan fingerprint density at radius 3 is 2.71 bits per heavy atom. The van der Waals surface area contributed by atoms with E-state index in [1.165, 1.54) is 12.8 Å². The van der Waals surface area contributed by atoms with Crippen molar-refractivity contribution in [1.29, 1.82) is 0 Å². The Hall–Kier alpha value is -2.36. The second-order valence-corrected chi connectivity index (χ2v) is 5.30. The molecule has 1 saturated heterocycles. The van der Waals surface area contributed by atoms with Crippen molar-refractivity contribution in [3.05, 3.63) is 58.8 Å². The second kappa shape index (κ2) is 5.95. The topological polar surface area (TPSA) is 38.1 Å². The number of benzene rings is 1. The first kappa shape index (κ1) is 13.6. The van der Waals surface area contributed by atoms with E-state index in [2.05, 4.69) is 16.1 Å². The lowest BCUT2D eigenvalue weighted by Crippen LogP contribution is -2.20. The summed E-state index contributed by atoms with van der Waals surface area (Å²) in [6.45, 7) is 2.27. The minimum Gasteiger partial charge on any atom is -0.377 e. The molecule has 0 bridgehead atoms. The molecule has 4 nitrogen and oxygen atoms in total. The van der Waals surface area contributed by atoms with Crippen molar-refractivity contribution in [3.63, 3.8) is 0 Å². The Morgan fingerprint density at radius 2 is 1.90 bits per heavy atom. The highest BCUT2D eigenvalue weighted by atomic mass is 16.1. The van der Waals surface area contributed by atoms with E-state index in [-0.39, 0.29) is 5.56 Å². The van der Waals surface area contributed by atoms with Gasteiger partial charge in [0.1, 0.15) is 5.82 Å². The van der Waals surface area contributed by atoms with Crippen LogP contribution < -0.4 is 5.56 Å². The molecule has 1 aliphatic rings. The summed E-state index contributed by atoms with van der Waals surface area (Å²) in [5.41, 5.74) is 0.729. The van der Waals surface area contributed by atoms with Crippen molar-refractivity contribution in [1.82, 2.24) is 14.5 Å². The Kier molecular flexibility index (Phi) is 3.86. The van der Waals surface area contributed by atoms with Crippen LogP contribution in [0.5, 0.6) is 0 Å². The molecule has 4 heteroatoms. The lowest BCUT2D eigenvalue weighted by molar-refractivity contribution is 0.468. The molecule has 2 heterocycles. The first-order valence-electron chi connectivity index (χ1n) is 7.30. The molecule has 0 radical (unpaired) electrons. The highest BCUT2D eigenvalue weighted by molar-refractivity contribution is 5.78. The number of fused-ring (bicyclic) bond motifs is 1. The van der Waals surface area contributed by atoms with Crippen molar-refractivity contribution >= 4 is 17.0 Å². The molecule has 21 heavy (non-hydrogen) atoms. The smallest absolute Gasteiger partial charge is 0.261 e. The van der Waals surface area contributed by atoms with Crippen LogP contribution in [0.3, 0.4) is 0 Å². The zero-order valence-electron chi connectivity index (χ0n) is 12.2. The summed E-state index contributed by atoms with van der Waals surface area (Å²) in [5.74, 6) is 0.671. The van der Waals surface area contributed by atoms with Crippen LogP contribution in [0.4, 0.5) is 0 Å². The van der Waals surface area contributed by atoms with Gasteiger partial charge < -0.3 is 4.90 Å². The summed E-state index contributed by atoms with van der Waals surface area (Å²) in [4.78, 5) is 19.1. The summed E-state index contributed by atoms with van der Waals surface area (Å²) in [5, 5.41) is 0.657. The summed E-state index contributed by atoms with van der Waals surface area (Å²) in [6.07, 6.45) is 10.5. The number of hydrogen-bond donors (Lipinski definition) is 0. The van der Waals surface area contributed by atoms with Crippen molar-refractivity contribution in [2.45, 2.75) is 12.8 Å². The molecule has 2 aromatic rings. The van der Waals surface area contributed by atoms with Gasteiger partial charge in [0.15, 0.2) is 0 Å². The Labute approximate surface area is 124 Å². The molecule has 1 fully saturated rings. The van der Waals surface area contributed by atoms with Gasteiger partial charge in [0, 0.05) is 20.1 Å². The maximum atomic E-state index is 12.3. The van der Waals surface area contributed by atoms with Crippen LogP contribution >= 0.6 is 0 Å². The number of hydrogen-bond acceptors (Lipinski definition) is 3. The molecule has 0 N–H and O–H groups in total. The predicted molar refractivity (Wildman–Crippen MR) is 86.0 cm³/mol. The van der Waals surface area contributed by atoms with E-state index in [0.29, 0.717) is 11.2 Å².